The number of ether oxygens (including phenoxy) is 2. The molecular weight excluding hydrogens is 1100 g/mol. The maximum Gasteiger partial charge on any atom is 0.473 e. The van der Waals surface area contributed by atoms with Crippen molar-refractivity contribution in [3.8, 4) is 12.0 Å². The van der Waals surface area contributed by atoms with Crippen LogP contribution in [0.5, 0.6) is 12.0 Å². The van der Waals surface area contributed by atoms with Gasteiger partial charge in [0, 0.05) is 5.54 Å². The number of halogens is 32. The molecule has 4 aliphatic rings. The fraction of sp³-hybridized carbons (Fsp3) is 0.853. The SMILES string of the molecule is C[C@@H](F)C(F)(F)C(F)(F)C(F)(F)Oc1nc(NC23CC4CC(CC(C4)C2)C3)nc(OCCC(F)(F)C(F)(F)C(F)(F)C(F)(F)C(F)(F)C(F)(F)/C=C/C(F)(F)C(F)(F)C(F)(F)C(F)(F)C(F)(F)C(F)(F)F)n1. The van der Waals surface area contributed by atoms with Crippen LogP contribution in [0.1, 0.15) is 51.9 Å². The molecule has 1 aromatic heterocycles. The Morgan fingerprint density at radius 3 is 1.24 bits per heavy atom. The van der Waals surface area contributed by atoms with Gasteiger partial charge < -0.3 is 14.8 Å². The van der Waals surface area contributed by atoms with Gasteiger partial charge in [-0.15, -0.1) is 4.98 Å². The zero-order valence-electron chi connectivity index (χ0n) is 34.4. The van der Waals surface area contributed by atoms with E-state index in [9.17, 15) is 140 Å². The van der Waals surface area contributed by atoms with Crippen LogP contribution in [0.4, 0.5) is 146 Å². The molecule has 6 nitrogen and oxygen atoms in total. The first-order chi connectivity index (χ1) is 31.6. The van der Waals surface area contributed by atoms with Crippen molar-refractivity contribution in [1.29, 1.82) is 0 Å². The Kier molecular flexibility index (Phi) is 14.7. The minimum absolute atomic E-state index is 0.0494. The second kappa shape index (κ2) is 17.5. The quantitative estimate of drug-likeness (QED) is 0.0922. The molecule has 0 amide bonds. The summed E-state index contributed by atoms with van der Waals surface area (Å²) in [6, 6.07) is -4.19. The van der Waals surface area contributed by atoms with Crippen LogP contribution >= 0.6 is 0 Å². The first-order valence-corrected chi connectivity index (χ1v) is 19.2. The van der Waals surface area contributed by atoms with E-state index < -0.39 is 144 Å². The van der Waals surface area contributed by atoms with Gasteiger partial charge >= 0.3 is 101 Å². The van der Waals surface area contributed by atoms with Gasteiger partial charge in [0.2, 0.25) is 5.95 Å². The maximum absolute atomic E-state index is 14.7. The van der Waals surface area contributed by atoms with Gasteiger partial charge in [0.15, 0.2) is 6.17 Å². The normalized spacial score (nSPS) is 23.5. The third-order valence-electron chi connectivity index (χ3n) is 11.7. The monoisotopic (exact) mass is 1130 g/mol. The fourth-order valence-electron chi connectivity index (χ4n) is 8.09. The highest BCUT2D eigenvalue weighted by Gasteiger charge is 2.92. The largest absolute Gasteiger partial charge is 0.473 e. The summed E-state index contributed by atoms with van der Waals surface area (Å²) in [5.41, 5.74) is -1.15. The predicted octanol–water partition coefficient (Wildman–Crippen LogP) is 13.7. The average Bonchev–Trinajstić information content (AvgIpc) is 3.17. The van der Waals surface area contributed by atoms with Crippen LogP contribution in [0.15, 0.2) is 12.2 Å². The van der Waals surface area contributed by atoms with Gasteiger partial charge in [0.05, 0.1) is 13.0 Å². The zero-order valence-corrected chi connectivity index (χ0v) is 34.4. The number of allylic oxidation sites excluding steroid dienone is 2. The van der Waals surface area contributed by atoms with Crippen molar-refractivity contribution in [2.45, 2.75) is 153 Å². The lowest BCUT2D eigenvalue weighted by Crippen LogP contribution is -2.70. The molecule has 4 saturated carbocycles. The molecule has 0 aromatic carbocycles. The highest BCUT2D eigenvalue weighted by molar-refractivity contribution is 5.34. The van der Waals surface area contributed by atoms with E-state index in [-0.39, 0.29) is 43.9 Å². The topological polar surface area (TPSA) is 69.2 Å². The fourth-order valence-corrected chi connectivity index (χ4v) is 8.09. The first kappa shape index (κ1) is 60.5. The number of alkyl halides is 32. The number of anilines is 1. The van der Waals surface area contributed by atoms with E-state index in [1.165, 1.54) is 0 Å². The van der Waals surface area contributed by atoms with E-state index in [4.69, 9.17) is 0 Å². The lowest BCUT2D eigenvalue weighted by atomic mass is 9.53. The number of hydrogen-bond acceptors (Lipinski definition) is 6. The van der Waals surface area contributed by atoms with Crippen molar-refractivity contribution in [3.63, 3.8) is 0 Å². The molecule has 5 rings (SSSR count). The zero-order chi connectivity index (χ0) is 56.4. The van der Waals surface area contributed by atoms with Crippen LogP contribution in [0, 0.1) is 17.8 Å². The highest BCUT2D eigenvalue weighted by atomic mass is 19.4. The van der Waals surface area contributed by atoms with Gasteiger partial charge in [-0.3, -0.25) is 0 Å². The van der Waals surface area contributed by atoms with Gasteiger partial charge in [-0.2, -0.15) is 146 Å². The summed E-state index contributed by atoms with van der Waals surface area (Å²) >= 11 is 0. The molecule has 0 saturated heterocycles. The summed E-state index contributed by atoms with van der Waals surface area (Å²) in [6.45, 7) is -2.86. The van der Waals surface area contributed by atoms with Gasteiger partial charge in [0.25, 0.3) is 0 Å². The molecule has 4 bridgehead atoms. The molecular formula is C34H26F32N4O2. The highest BCUT2D eigenvalue weighted by Crippen LogP contribution is 2.64. The standard InChI is InChI=1S/C34H26F32N4O2/c1-12(35)23(42,43)27(50,51)34(65,66)72-18-68-16(70-19-9-13-6-14(10-19)8-15(7-13)11-19)67-17(69-18)71-5-4-22(40,41)26(48,49)29(54,55)28(52,53)24(44,45)20(36,37)2-3-21(38,39)25(46,47)30(56,57)31(58,59)32(60,61)33(62,63)64/h2-3,12-15H,4-11H2,1H3,(H,67,68,69,70)/b3-2+/t12-,13?,14?,15?,19?/m1/s1. The summed E-state index contributed by atoms with van der Waals surface area (Å²) in [7, 11) is 0. The molecule has 1 N–H and O–H groups in total. The number of nitrogens with zero attached hydrogens (tertiary/aromatic N) is 3. The lowest BCUT2D eigenvalue weighted by molar-refractivity contribution is -0.436. The summed E-state index contributed by atoms with van der Waals surface area (Å²) < 4.78 is 452. The average molecular weight is 1130 g/mol. The molecule has 0 unspecified atom stereocenters. The second-order valence-electron chi connectivity index (χ2n) is 17.0. The van der Waals surface area contributed by atoms with Crippen molar-refractivity contribution in [3.05, 3.63) is 12.2 Å². The van der Waals surface area contributed by atoms with E-state index in [0.29, 0.717) is 19.3 Å². The molecule has 0 spiro atoms. The molecule has 1 aromatic rings. The smallest absolute Gasteiger partial charge is 0.463 e. The Balaban J connectivity index is 1.63. The number of aromatic nitrogens is 3. The van der Waals surface area contributed by atoms with E-state index >= 15 is 0 Å². The lowest BCUT2D eigenvalue weighted by Gasteiger charge is -2.56. The number of rotatable bonds is 22. The molecule has 418 valence electrons. The van der Waals surface area contributed by atoms with E-state index in [2.05, 4.69) is 29.7 Å². The third kappa shape index (κ3) is 9.29. The number of hydrogen-bond donors (Lipinski definition) is 1. The molecule has 0 aliphatic heterocycles. The molecule has 4 aliphatic carbocycles. The summed E-state index contributed by atoms with van der Waals surface area (Å²) in [4.78, 5) is 9.08. The Morgan fingerprint density at radius 1 is 0.500 bits per heavy atom. The van der Waals surface area contributed by atoms with Crippen molar-refractivity contribution in [1.82, 2.24) is 15.0 Å². The van der Waals surface area contributed by atoms with Crippen molar-refractivity contribution >= 4 is 5.95 Å². The minimum atomic E-state index is -8.88. The van der Waals surface area contributed by atoms with E-state index in [0.717, 1.165) is 0 Å². The van der Waals surface area contributed by atoms with Crippen molar-refractivity contribution in [2.75, 3.05) is 11.9 Å². The van der Waals surface area contributed by atoms with Gasteiger partial charge in [-0.1, -0.05) is 0 Å². The Hall–Kier alpha value is -4.09. The molecule has 1 atom stereocenters. The Morgan fingerprint density at radius 2 is 0.861 bits per heavy atom. The Labute approximate surface area is 378 Å². The summed E-state index contributed by atoms with van der Waals surface area (Å²) in [5, 5.41) is 2.52. The van der Waals surface area contributed by atoms with E-state index in [1.54, 1.807) is 0 Å². The third-order valence-corrected chi connectivity index (χ3v) is 11.7. The predicted molar refractivity (Wildman–Crippen MR) is 170 cm³/mol. The van der Waals surface area contributed by atoms with Crippen LogP contribution < -0.4 is 14.8 Å². The second-order valence-corrected chi connectivity index (χ2v) is 17.0. The van der Waals surface area contributed by atoms with Crippen LogP contribution in [0.2, 0.25) is 0 Å². The van der Waals surface area contributed by atoms with Crippen molar-refractivity contribution < 1.29 is 150 Å². The summed E-state index contributed by atoms with van der Waals surface area (Å²) in [6.07, 6.45) is -25.7. The molecule has 4 fully saturated rings. The van der Waals surface area contributed by atoms with Crippen LogP contribution in [0.25, 0.3) is 0 Å². The molecule has 72 heavy (non-hydrogen) atoms. The van der Waals surface area contributed by atoms with Gasteiger partial charge in [-0.25, -0.2) is 4.39 Å². The first-order valence-electron chi connectivity index (χ1n) is 19.2. The summed E-state index contributed by atoms with van der Waals surface area (Å²) in [5.74, 6) is -107. The minimum Gasteiger partial charge on any atom is -0.463 e. The number of nitrogens with one attached hydrogen (secondary N) is 1. The van der Waals surface area contributed by atoms with Gasteiger partial charge in [-0.05, 0) is 75.4 Å². The van der Waals surface area contributed by atoms with E-state index in [1.807, 2.05) is 0 Å². The van der Waals surface area contributed by atoms with Crippen molar-refractivity contribution in [2.24, 2.45) is 17.8 Å². The molecule has 1 heterocycles. The molecule has 0 radical (unpaired) electrons. The van der Waals surface area contributed by atoms with Crippen LogP contribution in [0.3, 0.4) is 0 Å². The van der Waals surface area contributed by atoms with Gasteiger partial charge in [0.1, 0.15) is 0 Å². The maximum atomic E-state index is 14.7. The van der Waals surface area contributed by atoms with Crippen LogP contribution in [-0.4, -0.2) is 123 Å². The van der Waals surface area contributed by atoms with Crippen LogP contribution in [-0.2, 0) is 0 Å². The molecule has 38 heteroatoms. The Bertz CT molecular complexity index is 2120.